The molecule has 0 unspecified atom stereocenters. The predicted molar refractivity (Wildman–Crippen MR) is 66.7 cm³/mol. The van der Waals surface area contributed by atoms with Gasteiger partial charge in [-0.25, -0.2) is 0 Å². The highest BCUT2D eigenvalue weighted by molar-refractivity contribution is 5.25. The van der Waals surface area contributed by atoms with Crippen molar-refractivity contribution in [2.24, 2.45) is 0 Å². The van der Waals surface area contributed by atoms with Crippen molar-refractivity contribution in [1.82, 2.24) is 14.8 Å². The molecule has 1 aliphatic rings. The first kappa shape index (κ1) is 14.3. The van der Waals surface area contributed by atoms with Crippen LogP contribution < -0.4 is 0 Å². The number of aromatic nitrogens is 3. The maximum atomic E-state index is 10.6. The lowest BCUT2D eigenvalue weighted by atomic mass is 10.0. The Morgan fingerprint density at radius 3 is 2.15 bits per heavy atom. The summed E-state index contributed by atoms with van der Waals surface area (Å²) in [6.45, 7) is 0. The second kappa shape index (κ2) is 5.12. The molecule has 0 saturated carbocycles. The molecule has 9 nitrogen and oxygen atoms in total. The summed E-state index contributed by atoms with van der Waals surface area (Å²) in [4.78, 5) is 13.6. The first-order valence-corrected chi connectivity index (χ1v) is 5.63. The molecule has 0 saturated heterocycles. The third kappa shape index (κ3) is 2.22. The number of nitrogens with zero attached hydrogens (tertiary/aromatic N) is 4. The van der Waals surface area contributed by atoms with E-state index in [1.807, 2.05) is 0 Å². The standard InChI is InChI=1S/C11H14N4O5/c1-18-10(14-8-12-9(13-14)15(16)17)4-6-11(19-2,20-3)7-5-10/h4-8H,1-3H3. The molecule has 20 heavy (non-hydrogen) atoms. The first-order valence-electron chi connectivity index (χ1n) is 5.63. The van der Waals surface area contributed by atoms with Crippen molar-refractivity contribution in [2.45, 2.75) is 11.5 Å². The van der Waals surface area contributed by atoms with Crippen LogP contribution in [0.25, 0.3) is 0 Å². The van der Waals surface area contributed by atoms with Gasteiger partial charge in [-0.05, 0) is 29.2 Å². The van der Waals surface area contributed by atoms with E-state index in [4.69, 9.17) is 14.2 Å². The average Bonchev–Trinajstić information content (AvgIpc) is 2.98. The van der Waals surface area contributed by atoms with E-state index in [1.54, 1.807) is 24.3 Å². The van der Waals surface area contributed by atoms with Gasteiger partial charge in [0.25, 0.3) is 0 Å². The Labute approximate surface area is 114 Å². The minimum Gasteiger partial charge on any atom is -0.390 e. The molecule has 0 atom stereocenters. The maximum absolute atomic E-state index is 10.6. The molecule has 2 rings (SSSR count). The van der Waals surface area contributed by atoms with Gasteiger partial charge in [0, 0.05) is 26.4 Å². The highest BCUT2D eigenvalue weighted by Crippen LogP contribution is 2.30. The van der Waals surface area contributed by atoms with E-state index in [0.29, 0.717) is 0 Å². The second-order valence-corrected chi connectivity index (χ2v) is 4.00. The Kier molecular flexibility index (Phi) is 3.66. The topological polar surface area (TPSA) is 102 Å². The number of rotatable bonds is 5. The quantitative estimate of drug-likeness (QED) is 0.337. The lowest BCUT2D eigenvalue weighted by Gasteiger charge is -2.32. The molecule has 0 amide bonds. The molecule has 0 aliphatic heterocycles. The largest absolute Gasteiger partial charge is 0.491 e. The first-order chi connectivity index (χ1) is 9.51. The van der Waals surface area contributed by atoms with Crippen LogP contribution in [0, 0.1) is 10.1 Å². The van der Waals surface area contributed by atoms with Crippen LogP contribution in [0.1, 0.15) is 0 Å². The van der Waals surface area contributed by atoms with E-state index in [0.717, 1.165) is 0 Å². The van der Waals surface area contributed by atoms with Gasteiger partial charge >= 0.3 is 5.95 Å². The van der Waals surface area contributed by atoms with Gasteiger partial charge in [0.05, 0.1) is 0 Å². The van der Waals surface area contributed by atoms with Gasteiger partial charge in [-0.3, -0.25) is 0 Å². The molecule has 1 aromatic heterocycles. The Morgan fingerprint density at radius 1 is 1.15 bits per heavy atom. The van der Waals surface area contributed by atoms with Gasteiger partial charge < -0.3 is 24.3 Å². The van der Waals surface area contributed by atoms with E-state index in [2.05, 4.69) is 10.1 Å². The summed E-state index contributed by atoms with van der Waals surface area (Å²) in [6.07, 6.45) is 7.73. The summed E-state index contributed by atoms with van der Waals surface area (Å²) in [7, 11) is 4.45. The Morgan fingerprint density at radius 2 is 1.75 bits per heavy atom. The van der Waals surface area contributed by atoms with Crippen LogP contribution in [-0.2, 0) is 19.9 Å². The van der Waals surface area contributed by atoms with Crippen LogP contribution in [0.4, 0.5) is 5.95 Å². The van der Waals surface area contributed by atoms with Crippen LogP contribution in [0.3, 0.4) is 0 Å². The molecular formula is C11H14N4O5. The zero-order chi connectivity index (χ0) is 14.8. The van der Waals surface area contributed by atoms with Crippen molar-refractivity contribution in [3.8, 4) is 0 Å². The van der Waals surface area contributed by atoms with Crippen molar-refractivity contribution in [3.05, 3.63) is 40.7 Å². The number of ether oxygens (including phenoxy) is 3. The minimum atomic E-state index is -1.11. The summed E-state index contributed by atoms with van der Waals surface area (Å²) in [6, 6.07) is 0. The maximum Gasteiger partial charge on any atom is 0.491 e. The van der Waals surface area contributed by atoms with Gasteiger partial charge in [-0.15, -0.1) is 4.68 Å². The number of hydrogen-bond donors (Lipinski definition) is 0. The highest BCUT2D eigenvalue weighted by Gasteiger charge is 2.38. The molecule has 108 valence electrons. The predicted octanol–water partition coefficient (Wildman–Crippen LogP) is 0.601. The number of methoxy groups -OCH3 is 3. The summed E-state index contributed by atoms with van der Waals surface area (Å²) in [5.41, 5.74) is -1.11. The lowest BCUT2D eigenvalue weighted by molar-refractivity contribution is -0.394. The fourth-order valence-electron chi connectivity index (χ4n) is 1.83. The third-order valence-corrected chi connectivity index (χ3v) is 3.08. The van der Waals surface area contributed by atoms with Crippen molar-refractivity contribution >= 4 is 5.95 Å². The van der Waals surface area contributed by atoms with Gasteiger partial charge in [0.2, 0.25) is 17.8 Å². The fourth-order valence-corrected chi connectivity index (χ4v) is 1.83. The van der Waals surface area contributed by atoms with E-state index in [1.165, 1.54) is 32.3 Å². The van der Waals surface area contributed by atoms with Crippen molar-refractivity contribution in [2.75, 3.05) is 21.3 Å². The molecule has 1 aromatic rings. The molecule has 0 fully saturated rings. The van der Waals surface area contributed by atoms with Crippen molar-refractivity contribution < 1.29 is 19.1 Å². The zero-order valence-corrected chi connectivity index (χ0v) is 11.2. The summed E-state index contributed by atoms with van der Waals surface area (Å²) in [5, 5.41) is 14.4. The van der Waals surface area contributed by atoms with E-state index >= 15 is 0 Å². The Hall–Kier alpha value is -2.10. The Balaban J connectivity index is 2.37. The zero-order valence-electron chi connectivity index (χ0n) is 11.2. The van der Waals surface area contributed by atoms with E-state index < -0.39 is 22.4 Å². The fraction of sp³-hybridized carbons (Fsp3) is 0.455. The van der Waals surface area contributed by atoms with Crippen LogP contribution in [0.15, 0.2) is 30.6 Å². The van der Waals surface area contributed by atoms with Crippen LogP contribution >= 0.6 is 0 Å². The van der Waals surface area contributed by atoms with E-state index in [-0.39, 0.29) is 0 Å². The molecule has 0 spiro atoms. The van der Waals surface area contributed by atoms with Crippen molar-refractivity contribution in [3.63, 3.8) is 0 Å². The lowest BCUT2D eigenvalue weighted by Crippen LogP contribution is -2.39. The molecule has 1 heterocycles. The monoisotopic (exact) mass is 282 g/mol. The molecule has 0 N–H and O–H groups in total. The molecule has 0 radical (unpaired) electrons. The number of hydrogen-bond acceptors (Lipinski definition) is 7. The molecule has 1 aliphatic carbocycles. The molecule has 0 aromatic carbocycles. The summed E-state index contributed by atoms with van der Waals surface area (Å²) >= 11 is 0. The normalized spacial score (nSPS) is 19.1. The van der Waals surface area contributed by atoms with Gasteiger partial charge in [-0.1, -0.05) is 4.98 Å². The molecular weight excluding hydrogens is 268 g/mol. The van der Waals surface area contributed by atoms with Crippen molar-refractivity contribution in [1.29, 1.82) is 0 Å². The second-order valence-electron chi connectivity index (χ2n) is 4.00. The highest BCUT2D eigenvalue weighted by atomic mass is 16.7. The van der Waals surface area contributed by atoms with Crippen LogP contribution in [0.5, 0.6) is 0 Å². The SMILES string of the molecule is COC1(OC)C=CC(OC)(n2cnc([N+](=O)[O-])n2)C=C1. The average molecular weight is 282 g/mol. The van der Waals surface area contributed by atoms with Gasteiger partial charge in [-0.2, -0.15) is 0 Å². The van der Waals surface area contributed by atoms with Crippen LogP contribution in [0.2, 0.25) is 0 Å². The van der Waals surface area contributed by atoms with E-state index in [9.17, 15) is 10.1 Å². The summed E-state index contributed by atoms with van der Waals surface area (Å²) in [5.74, 6) is -1.49. The molecule has 9 heteroatoms. The number of nitro groups is 1. The summed E-state index contributed by atoms with van der Waals surface area (Å²) < 4.78 is 17.1. The van der Waals surface area contributed by atoms with Crippen LogP contribution in [-0.4, -0.2) is 46.8 Å². The smallest absolute Gasteiger partial charge is 0.390 e. The van der Waals surface area contributed by atoms with Gasteiger partial charge in [0.1, 0.15) is 0 Å². The Bertz CT molecular complexity index is 545. The minimum absolute atomic E-state index is 0.501. The third-order valence-electron chi connectivity index (χ3n) is 3.08. The van der Waals surface area contributed by atoms with Gasteiger partial charge in [0.15, 0.2) is 0 Å². The molecule has 0 bridgehead atoms.